The van der Waals surface area contributed by atoms with Gasteiger partial charge in [-0.05, 0) is 31.5 Å². The number of ether oxygens (including phenoxy) is 2. The molecule has 0 aromatic heterocycles. The van der Waals surface area contributed by atoms with Crippen molar-refractivity contribution < 1.29 is 9.47 Å². The van der Waals surface area contributed by atoms with Gasteiger partial charge in [-0.25, -0.2) is 0 Å². The van der Waals surface area contributed by atoms with Crippen LogP contribution in [0, 0.1) is 11.8 Å². The Labute approximate surface area is 92.7 Å². The summed E-state index contributed by atoms with van der Waals surface area (Å²) < 4.78 is 10.3. The topological polar surface area (TPSA) is 42.5 Å². The van der Waals surface area contributed by atoms with Crippen molar-refractivity contribution in [3.63, 3.8) is 0 Å². The van der Waals surface area contributed by atoms with Gasteiger partial charge in [-0.15, -0.1) is 0 Å². The molecule has 15 heavy (non-hydrogen) atoms. The lowest BCUT2D eigenvalue weighted by atomic mass is 9.98. The lowest BCUT2D eigenvalue weighted by Crippen LogP contribution is -2.36. The lowest BCUT2D eigenvalue weighted by molar-refractivity contribution is 0.0284. The first-order valence-corrected chi connectivity index (χ1v) is 5.71. The van der Waals surface area contributed by atoms with Crippen LogP contribution < -0.4 is 10.6 Å². The van der Waals surface area contributed by atoms with Crippen LogP contribution in [0.2, 0.25) is 0 Å². The van der Waals surface area contributed by atoms with Crippen molar-refractivity contribution in [1.29, 1.82) is 0 Å². The summed E-state index contributed by atoms with van der Waals surface area (Å²) in [4.78, 5) is 0. The van der Waals surface area contributed by atoms with E-state index in [2.05, 4.69) is 17.6 Å². The van der Waals surface area contributed by atoms with Crippen LogP contribution in [0.4, 0.5) is 0 Å². The minimum absolute atomic E-state index is 0.166. The Morgan fingerprint density at radius 3 is 2.73 bits per heavy atom. The number of methoxy groups -OCH3 is 2. The van der Waals surface area contributed by atoms with Crippen molar-refractivity contribution in [3.05, 3.63) is 0 Å². The van der Waals surface area contributed by atoms with Gasteiger partial charge in [-0.2, -0.15) is 0 Å². The molecule has 4 nitrogen and oxygen atoms in total. The Kier molecular flexibility index (Phi) is 6.17. The molecule has 2 N–H and O–H groups in total. The molecule has 1 aliphatic heterocycles. The Balaban J connectivity index is 2.08. The first-order chi connectivity index (χ1) is 7.27. The molecule has 0 amide bonds. The average Bonchev–Trinajstić information content (AvgIpc) is 2.63. The molecule has 1 fully saturated rings. The van der Waals surface area contributed by atoms with Crippen LogP contribution >= 0.6 is 0 Å². The number of hydrogen-bond acceptors (Lipinski definition) is 4. The van der Waals surface area contributed by atoms with Gasteiger partial charge in [0, 0.05) is 20.8 Å². The minimum Gasteiger partial charge on any atom is -0.382 e. The highest BCUT2D eigenvalue weighted by Crippen LogP contribution is 2.14. The second-order valence-electron chi connectivity index (χ2n) is 4.37. The Morgan fingerprint density at radius 1 is 1.40 bits per heavy atom. The largest absolute Gasteiger partial charge is 0.382 e. The molecule has 0 bridgehead atoms. The van der Waals surface area contributed by atoms with Crippen LogP contribution in [0.25, 0.3) is 0 Å². The van der Waals surface area contributed by atoms with Crippen LogP contribution in [0.5, 0.6) is 0 Å². The molecule has 0 saturated carbocycles. The van der Waals surface area contributed by atoms with Crippen molar-refractivity contribution in [2.75, 3.05) is 47.0 Å². The van der Waals surface area contributed by atoms with E-state index in [9.17, 15) is 0 Å². The molecule has 1 saturated heterocycles. The van der Waals surface area contributed by atoms with Crippen molar-refractivity contribution in [2.24, 2.45) is 11.8 Å². The second-order valence-corrected chi connectivity index (χ2v) is 4.37. The molecule has 1 aliphatic rings. The average molecular weight is 216 g/mol. The molecule has 0 aromatic rings. The Bertz CT molecular complexity index is 167. The summed E-state index contributed by atoms with van der Waals surface area (Å²) in [6.07, 6.45) is 0.166. The lowest BCUT2D eigenvalue weighted by Gasteiger charge is -2.18. The molecule has 0 aromatic carbocycles. The smallest absolute Gasteiger partial charge is 0.0928 e. The second kappa shape index (κ2) is 7.17. The standard InChI is InChI=1S/C11H24N2O2/c1-9-4-12-5-10(9)6-13-7-11(15-3)8-14-2/h9-13H,4-8H2,1-3H3. The van der Waals surface area contributed by atoms with E-state index in [4.69, 9.17) is 9.47 Å². The van der Waals surface area contributed by atoms with Crippen LogP contribution in [0.1, 0.15) is 6.92 Å². The Hall–Kier alpha value is -0.160. The zero-order chi connectivity index (χ0) is 11.1. The van der Waals surface area contributed by atoms with E-state index in [0.717, 1.165) is 38.0 Å². The zero-order valence-electron chi connectivity index (χ0n) is 10.1. The number of rotatable bonds is 7. The molecular formula is C11H24N2O2. The van der Waals surface area contributed by atoms with Gasteiger partial charge in [0.15, 0.2) is 0 Å². The van der Waals surface area contributed by atoms with Gasteiger partial charge >= 0.3 is 0 Å². The summed E-state index contributed by atoms with van der Waals surface area (Å²) in [7, 11) is 3.43. The minimum atomic E-state index is 0.166. The molecule has 3 unspecified atom stereocenters. The molecular weight excluding hydrogens is 192 g/mol. The van der Waals surface area contributed by atoms with E-state index in [0.29, 0.717) is 6.61 Å². The fourth-order valence-corrected chi connectivity index (χ4v) is 1.96. The van der Waals surface area contributed by atoms with E-state index in [1.54, 1.807) is 14.2 Å². The van der Waals surface area contributed by atoms with E-state index in [-0.39, 0.29) is 6.10 Å². The highest BCUT2D eigenvalue weighted by molar-refractivity contribution is 4.79. The van der Waals surface area contributed by atoms with Crippen molar-refractivity contribution in [1.82, 2.24) is 10.6 Å². The highest BCUT2D eigenvalue weighted by atomic mass is 16.5. The van der Waals surface area contributed by atoms with Gasteiger partial charge in [0.2, 0.25) is 0 Å². The maximum absolute atomic E-state index is 5.28. The molecule has 3 atom stereocenters. The molecule has 0 radical (unpaired) electrons. The molecule has 90 valence electrons. The molecule has 0 spiro atoms. The normalized spacial score (nSPS) is 28.2. The summed E-state index contributed by atoms with van der Waals surface area (Å²) in [5.41, 5.74) is 0. The van der Waals surface area contributed by atoms with Gasteiger partial charge in [0.1, 0.15) is 0 Å². The summed E-state index contributed by atoms with van der Waals surface area (Å²) >= 11 is 0. The predicted molar refractivity (Wildman–Crippen MR) is 61.1 cm³/mol. The van der Waals surface area contributed by atoms with Crippen molar-refractivity contribution >= 4 is 0 Å². The fraction of sp³-hybridized carbons (Fsp3) is 1.00. The van der Waals surface area contributed by atoms with E-state index in [1.807, 2.05) is 0 Å². The SMILES string of the molecule is COCC(CNCC1CNCC1C)OC. The third-order valence-corrected chi connectivity index (χ3v) is 3.14. The van der Waals surface area contributed by atoms with Gasteiger partial charge in [0.05, 0.1) is 12.7 Å². The van der Waals surface area contributed by atoms with Crippen molar-refractivity contribution in [3.8, 4) is 0 Å². The maximum atomic E-state index is 5.28. The van der Waals surface area contributed by atoms with Crippen LogP contribution in [0.3, 0.4) is 0 Å². The first kappa shape index (κ1) is 12.9. The summed E-state index contributed by atoms with van der Waals surface area (Å²) in [6, 6.07) is 0. The van der Waals surface area contributed by atoms with Crippen molar-refractivity contribution in [2.45, 2.75) is 13.0 Å². The van der Waals surface area contributed by atoms with Crippen LogP contribution in [0.15, 0.2) is 0 Å². The maximum Gasteiger partial charge on any atom is 0.0928 e. The van der Waals surface area contributed by atoms with Gasteiger partial charge < -0.3 is 20.1 Å². The molecule has 0 aliphatic carbocycles. The first-order valence-electron chi connectivity index (χ1n) is 5.71. The Morgan fingerprint density at radius 2 is 2.20 bits per heavy atom. The summed E-state index contributed by atoms with van der Waals surface area (Å²) in [5.74, 6) is 1.53. The highest BCUT2D eigenvalue weighted by Gasteiger charge is 2.22. The van der Waals surface area contributed by atoms with Gasteiger partial charge in [0.25, 0.3) is 0 Å². The van der Waals surface area contributed by atoms with E-state index >= 15 is 0 Å². The summed E-state index contributed by atoms with van der Waals surface area (Å²) in [5, 5.41) is 6.85. The zero-order valence-corrected chi connectivity index (χ0v) is 10.1. The van der Waals surface area contributed by atoms with E-state index in [1.165, 1.54) is 0 Å². The third-order valence-electron chi connectivity index (χ3n) is 3.14. The molecule has 1 heterocycles. The monoisotopic (exact) mass is 216 g/mol. The molecule has 1 rings (SSSR count). The predicted octanol–water partition coefficient (Wildman–Crippen LogP) is 0.0929. The summed E-state index contributed by atoms with van der Waals surface area (Å²) in [6.45, 7) is 7.18. The molecule has 4 heteroatoms. The third kappa shape index (κ3) is 4.47. The van der Waals surface area contributed by atoms with Crippen LogP contribution in [-0.4, -0.2) is 53.1 Å². The number of nitrogens with one attached hydrogen (secondary N) is 2. The van der Waals surface area contributed by atoms with Gasteiger partial charge in [-0.1, -0.05) is 6.92 Å². The van der Waals surface area contributed by atoms with E-state index < -0.39 is 0 Å². The van der Waals surface area contributed by atoms with Crippen LogP contribution in [-0.2, 0) is 9.47 Å². The fourth-order valence-electron chi connectivity index (χ4n) is 1.96. The number of hydrogen-bond donors (Lipinski definition) is 2. The quantitative estimate of drug-likeness (QED) is 0.633. The van der Waals surface area contributed by atoms with Gasteiger partial charge in [-0.3, -0.25) is 0 Å².